The minimum absolute atomic E-state index is 0.196. The van der Waals surface area contributed by atoms with Gasteiger partial charge in [-0.25, -0.2) is 9.78 Å². The number of pyridine rings is 1. The Labute approximate surface area is 177 Å². The van der Waals surface area contributed by atoms with Crippen LogP contribution in [0.1, 0.15) is 66.0 Å². The van der Waals surface area contributed by atoms with Gasteiger partial charge in [0.05, 0.1) is 19.4 Å². The Balaban J connectivity index is 1.88. The van der Waals surface area contributed by atoms with Gasteiger partial charge in [0.2, 0.25) is 0 Å². The van der Waals surface area contributed by atoms with Crippen molar-refractivity contribution < 1.29 is 14.3 Å². The Morgan fingerprint density at radius 3 is 2.73 bits per heavy atom. The SMILES string of the molecule is CCOC(=O)c1cc2cc(OC)cc3c2c(n1)[C@@]1(CC)c2ccccc2[C@H](C)[C@H]1C3. The standard InChI is InChI=1S/C26H27NO3/c1-5-26-20-10-8-7-9-19(20)15(3)21(26)13-16-11-18(29-4)12-17-14-22(25(28)30-6-2)27-24(26)23(16)17/h7-12,14-15,21H,5-6,13H2,1-4H3/t15-,21+,26-/m0/s1. The second-order valence-corrected chi connectivity index (χ2v) is 8.47. The smallest absolute Gasteiger partial charge is 0.356 e. The van der Waals surface area contributed by atoms with Crippen LogP contribution < -0.4 is 4.74 Å². The van der Waals surface area contributed by atoms with E-state index in [9.17, 15) is 4.79 Å². The van der Waals surface area contributed by atoms with E-state index in [2.05, 4.69) is 44.2 Å². The molecule has 0 N–H and O–H groups in total. The first-order valence-corrected chi connectivity index (χ1v) is 10.8. The maximum atomic E-state index is 12.7. The summed E-state index contributed by atoms with van der Waals surface area (Å²) in [6.45, 7) is 6.74. The zero-order valence-electron chi connectivity index (χ0n) is 18.0. The topological polar surface area (TPSA) is 48.4 Å². The largest absolute Gasteiger partial charge is 0.497 e. The number of nitrogens with zero attached hydrogens (tertiary/aromatic N) is 1. The molecule has 1 heterocycles. The molecule has 5 rings (SSSR count). The molecule has 30 heavy (non-hydrogen) atoms. The van der Waals surface area contributed by atoms with Crippen molar-refractivity contribution in [1.29, 1.82) is 0 Å². The van der Waals surface area contributed by atoms with Gasteiger partial charge in [0.15, 0.2) is 0 Å². The fraction of sp³-hybridized carbons (Fsp3) is 0.385. The molecule has 3 atom stereocenters. The van der Waals surface area contributed by atoms with E-state index in [0.717, 1.165) is 29.7 Å². The summed E-state index contributed by atoms with van der Waals surface area (Å²) in [5.74, 6) is 1.26. The highest BCUT2D eigenvalue weighted by Crippen LogP contribution is 2.60. The lowest BCUT2D eigenvalue weighted by molar-refractivity contribution is 0.0519. The summed E-state index contributed by atoms with van der Waals surface area (Å²) < 4.78 is 10.9. The van der Waals surface area contributed by atoms with Crippen molar-refractivity contribution in [2.24, 2.45) is 5.92 Å². The highest BCUT2D eigenvalue weighted by atomic mass is 16.5. The number of rotatable bonds is 4. The number of carbonyl (C=O) groups excluding carboxylic acids is 1. The second kappa shape index (κ2) is 6.83. The molecule has 0 bridgehead atoms. The molecule has 3 aromatic rings. The Hall–Kier alpha value is -2.88. The second-order valence-electron chi connectivity index (χ2n) is 8.47. The monoisotopic (exact) mass is 401 g/mol. The number of methoxy groups -OCH3 is 1. The third-order valence-corrected chi connectivity index (χ3v) is 7.29. The molecule has 2 aliphatic rings. The number of aromatic nitrogens is 1. The van der Waals surface area contributed by atoms with Crippen LogP contribution >= 0.6 is 0 Å². The van der Waals surface area contributed by atoms with Crippen molar-refractivity contribution in [3.8, 4) is 5.75 Å². The molecule has 2 aromatic carbocycles. The van der Waals surface area contributed by atoms with Gasteiger partial charge in [-0.3, -0.25) is 0 Å². The minimum atomic E-state index is -0.368. The van der Waals surface area contributed by atoms with Gasteiger partial charge in [0.1, 0.15) is 11.4 Å². The Kier molecular flexibility index (Phi) is 4.35. The summed E-state index contributed by atoms with van der Waals surface area (Å²) in [6.07, 6.45) is 1.92. The van der Waals surface area contributed by atoms with Gasteiger partial charge < -0.3 is 9.47 Å². The number of hydrogen-bond acceptors (Lipinski definition) is 4. The van der Waals surface area contributed by atoms with Crippen LogP contribution in [0.15, 0.2) is 42.5 Å². The molecule has 4 heteroatoms. The first-order chi connectivity index (χ1) is 14.5. The van der Waals surface area contributed by atoms with Crippen molar-refractivity contribution in [1.82, 2.24) is 4.98 Å². The molecule has 0 radical (unpaired) electrons. The van der Waals surface area contributed by atoms with Gasteiger partial charge in [-0.2, -0.15) is 0 Å². The molecule has 4 nitrogen and oxygen atoms in total. The summed E-state index contributed by atoms with van der Waals surface area (Å²) in [6, 6.07) is 14.8. The van der Waals surface area contributed by atoms with Crippen LogP contribution in [0.4, 0.5) is 0 Å². The van der Waals surface area contributed by atoms with Crippen molar-refractivity contribution in [2.75, 3.05) is 13.7 Å². The maximum Gasteiger partial charge on any atom is 0.356 e. The highest BCUT2D eigenvalue weighted by molar-refractivity contribution is 5.97. The fourth-order valence-electron chi connectivity index (χ4n) is 6.02. The zero-order chi connectivity index (χ0) is 21.0. The van der Waals surface area contributed by atoms with Gasteiger partial charge in [-0.05, 0) is 71.9 Å². The molecule has 0 fully saturated rings. The van der Waals surface area contributed by atoms with Crippen molar-refractivity contribution in [3.63, 3.8) is 0 Å². The summed E-state index contributed by atoms with van der Waals surface area (Å²) in [4.78, 5) is 17.7. The third kappa shape index (κ3) is 2.39. The van der Waals surface area contributed by atoms with E-state index in [-0.39, 0.29) is 11.4 Å². The van der Waals surface area contributed by atoms with Crippen LogP contribution in [0.2, 0.25) is 0 Å². The van der Waals surface area contributed by atoms with E-state index < -0.39 is 0 Å². The van der Waals surface area contributed by atoms with Gasteiger partial charge in [-0.15, -0.1) is 0 Å². The normalized spacial score (nSPS) is 23.7. The van der Waals surface area contributed by atoms with Crippen LogP contribution in [0.5, 0.6) is 5.75 Å². The average Bonchev–Trinajstić information content (AvgIpc) is 3.02. The van der Waals surface area contributed by atoms with E-state index in [1.807, 2.05) is 19.1 Å². The molecule has 1 aromatic heterocycles. The van der Waals surface area contributed by atoms with Crippen molar-refractivity contribution in [3.05, 3.63) is 70.5 Å². The van der Waals surface area contributed by atoms with E-state index in [0.29, 0.717) is 24.1 Å². The lowest BCUT2D eigenvalue weighted by Crippen LogP contribution is -2.39. The predicted octanol–water partition coefficient (Wildman–Crippen LogP) is 5.41. The van der Waals surface area contributed by atoms with E-state index in [1.165, 1.54) is 22.1 Å². The molecule has 0 aliphatic heterocycles. The average molecular weight is 402 g/mol. The van der Waals surface area contributed by atoms with Crippen LogP contribution in [0.25, 0.3) is 10.8 Å². The van der Waals surface area contributed by atoms with E-state index >= 15 is 0 Å². The molecule has 2 aliphatic carbocycles. The quantitative estimate of drug-likeness (QED) is 0.549. The molecule has 0 amide bonds. The molecule has 0 unspecified atom stereocenters. The Morgan fingerprint density at radius 2 is 2.00 bits per heavy atom. The summed E-state index contributed by atoms with van der Waals surface area (Å²) in [5.41, 5.74) is 5.23. The van der Waals surface area contributed by atoms with Crippen LogP contribution in [0, 0.1) is 5.92 Å². The summed E-state index contributed by atoms with van der Waals surface area (Å²) >= 11 is 0. The number of ether oxygens (including phenoxy) is 2. The molecule has 0 saturated heterocycles. The summed E-state index contributed by atoms with van der Waals surface area (Å²) in [7, 11) is 1.69. The number of carbonyl (C=O) groups is 1. The van der Waals surface area contributed by atoms with Crippen molar-refractivity contribution in [2.45, 2.75) is 44.9 Å². The molecule has 0 spiro atoms. The maximum absolute atomic E-state index is 12.7. The number of benzene rings is 2. The van der Waals surface area contributed by atoms with Crippen LogP contribution in [-0.4, -0.2) is 24.7 Å². The highest BCUT2D eigenvalue weighted by Gasteiger charge is 2.54. The Bertz CT molecular complexity index is 1170. The number of hydrogen-bond donors (Lipinski definition) is 0. The van der Waals surface area contributed by atoms with Gasteiger partial charge in [0, 0.05) is 10.8 Å². The first kappa shape index (κ1) is 19.1. The molecular formula is C26H27NO3. The molecule has 0 saturated carbocycles. The first-order valence-electron chi connectivity index (χ1n) is 10.8. The lowest BCUT2D eigenvalue weighted by atomic mass is 9.62. The predicted molar refractivity (Wildman–Crippen MR) is 117 cm³/mol. The Morgan fingerprint density at radius 1 is 1.20 bits per heavy atom. The number of fused-ring (bicyclic) bond motifs is 4. The molecular weight excluding hydrogens is 374 g/mol. The van der Waals surface area contributed by atoms with E-state index in [4.69, 9.17) is 14.5 Å². The third-order valence-electron chi connectivity index (χ3n) is 7.29. The van der Waals surface area contributed by atoms with E-state index in [1.54, 1.807) is 7.11 Å². The minimum Gasteiger partial charge on any atom is -0.497 e. The van der Waals surface area contributed by atoms with Gasteiger partial charge in [-0.1, -0.05) is 38.1 Å². The van der Waals surface area contributed by atoms with Crippen LogP contribution in [-0.2, 0) is 16.6 Å². The van der Waals surface area contributed by atoms with Gasteiger partial charge in [0.25, 0.3) is 0 Å². The fourth-order valence-corrected chi connectivity index (χ4v) is 6.02. The van der Waals surface area contributed by atoms with Crippen molar-refractivity contribution >= 4 is 16.7 Å². The number of esters is 1. The zero-order valence-corrected chi connectivity index (χ0v) is 18.0. The lowest BCUT2D eigenvalue weighted by Gasteiger charge is -2.42. The van der Waals surface area contributed by atoms with Gasteiger partial charge >= 0.3 is 5.97 Å². The molecule has 154 valence electrons. The van der Waals surface area contributed by atoms with Crippen LogP contribution in [0.3, 0.4) is 0 Å². The summed E-state index contributed by atoms with van der Waals surface area (Å²) in [5, 5.41) is 2.17.